The third kappa shape index (κ3) is 4.92. The van der Waals surface area contributed by atoms with E-state index in [1.54, 1.807) is 0 Å². The number of benzene rings is 9. The van der Waals surface area contributed by atoms with Crippen molar-refractivity contribution in [1.29, 1.82) is 0 Å². The summed E-state index contributed by atoms with van der Waals surface area (Å²) in [5, 5.41) is 12.6. The number of nitrogens with one attached hydrogen (secondary N) is 1. The molecule has 1 aliphatic carbocycles. The molecule has 2 heteroatoms. The van der Waals surface area contributed by atoms with Crippen LogP contribution in [0.3, 0.4) is 0 Å². The molecule has 0 spiro atoms. The first kappa shape index (κ1) is 31.5. The van der Waals surface area contributed by atoms with Crippen LogP contribution in [0.15, 0.2) is 175 Å². The summed E-state index contributed by atoms with van der Waals surface area (Å²) in [4.78, 5) is 16.9. The normalized spacial score (nSPS) is 12.6. The van der Waals surface area contributed by atoms with Crippen molar-refractivity contribution in [2.45, 2.75) is 12.8 Å². The summed E-state index contributed by atoms with van der Waals surface area (Å²) in [6.45, 7) is 0. The third-order valence-electron chi connectivity index (χ3n) is 11.6. The standard InChI is InChI=1S/C53H35NO/c55-53-45-29-27-35(51-41-23-11-7-19-37(41)49(33-15-3-1-4-16-33)38-20-8-12-24-42(38)51)31-46(45)47-32-36(28-30-48(47)54-53)52-43-25-13-9-21-39(43)50(34-17-5-2-6-18-34)40-22-10-14-26-44(40)52/h1-9,11-13,15-32H,10,14H2,(H,54,55). The van der Waals surface area contributed by atoms with Crippen LogP contribution < -0.4 is 16.0 Å². The maximum absolute atomic E-state index is 13.7. The Kier molecular flexibility index (Phi) is 7.18. The molecule has 10 aromatic rings. The van der Waals surface area contributed by atoms with Gasteiger partial charge < -0.3 is 4.98 Å². The lowest BCUT2D eigenvalue weighted by atomic mass is 9.85. The van der Waals surface area contributed by atoms with Crippen LogP contribution in [-0.2, 0) is 0 Å². The van der Waals surface area contributed by atoms with Gasteiger partial charge in [-0.05, 0) is 130 Å². The number of pyridine rings is 1. The maximum Gasteiger partial charge on any atom is 0.256 e. The van der Waals surface area contributed by atoms with Crippen LogP contribution in [0.5, 0.6) is 0 Å². The smallest absolute Gasteiger partial charge is 0.256 e. The Morgan fingerprint density at radius 1 is 0.327 bits per heavy atom. The Labute approximate surface area is 318 Å². The lowest BCUT2D eigenvalue weighted by molar-refractivity contribution is 1.12. The molecule has 0 fully saturated rings. The van der Waals surface area contributed by atoms with Gasteiger partial charge in [0.05, 0.1) is 0 Å². The largest absolute Gasteiger partial charge is 0.321 e. The molecule has 55 heavy (non-hydrogen) atoms. The minimum atomic E-state index is -0.0751. The molecule has 0 amide bonds. The van der Waals surface area contributed by atoms with E-state index in [0.29, 0.717) is 5.39 Å². The fourth-order valence-electron chi connectivity index (χ4n) is 9.28. The number of rotatable bonds is 4. The van der Waals surface area contributed by atoms with Crippen molar-refractivity contribution < 1.29 is 0 Å². The Bertz CT molecular complexity index is 3320. The van der Waals surface area contributed by atoms with Gasteiger partial charge in [0.2, 0.25) is 0 Å². The van der Waals surface area contributed by atoms with Gasteiger partial charge in [0, 0.05) is 16.3 Å². The third-order valence-corrected chi connectivity index (χ3v) is 11.6. The molecule has 0 saturated heterocycles. The van der Waals surface area contributed by atoms with Crippen molar-refractivity contribution in [3.05, 3.63) is 191 Å². The van der Waals surface area contributed by atoms with E-state index >= 15 is 0 Å². The number of fused-ring (bicyclic) bond motifs is 7. The molecular weight excluding hydrogens is 667 g/mol. The lowest BCUT2D eigenvalue weighted by Gasteiger charge is -2.19. The van der Waals surface area contributed by atoms with Crippen LogP contribution in [0.1, 0.15) is 12.8 Å². The van der Waals surface area contributed by atoms with Gasteiger partial charge in [0.15, 0.2) is 0 Å². The van der Waals surface area contributed by atoms with E-state index in [4.69, 9.17) is 0 Å². The van der Waals surface area contributed by atoms with Gasteiger partial charge in [-0.2, -0.15) is 0 Å². The van der Waals surface area contributed by atoms with E-state index in [0.717, 1.165) is 40.3 Å². The van der Waals surface area contributed by atoms with E-state index in [9.17, 15) is 4.79 Å². The minimum Gasteiger partial charge on any atom is -0.321 e. The molecule has 1 aliphatic rings. The van der Waals surface area contributed by atoms with Gasteiger partial charge in [-0.15, -0.1) is 0 Å². The van der Waals surface area contributed by atoms with Crippen molar-refractivity contribution in [2.24, 2.45) is 0 Å². The molecule has 0 unspecified atom stereocenters. The van der Waals surface area contributed by atoms with E-state index in [1.165, 1.54) is 76.1 Å². The zero-order chi connectivity index (χ0) is 36.5. The van der Waals surface area contributed by atoms with Crippen LogP contribution in [0, 0.1) is 0 Å². The second-order valence-corrected chi connectivity index (χ2v) is 14.7. The number of hydrogen-bond donors (Lipinski definition) is 1. The van der Waals surface area contributed by atoms with Crippen LogP contribution in [0.25, 0.3) is 111 Å². The fourth-order valence-corrected chi connectivity index (χ4v) is 9.28. The molecule has 1 heterocycles. The van der Waals surface area contributed by atoms with Gasteiger partial charge in [-0.3, -0.25) is 4.79 Å². The number of aromatic nitrogens is 1. The summed E-state index contributed by atoms with van der Waals surface area (Å²) >= 11 is 0. The van der Waals surface area contributed by atoms with Crippen LogP contribution in [0.2, 0.25) is 0 Å². The van der Waals surface area contributed by atoms with Crippen molar-refractivity contribution in [3.8, 4) is 44.5 Å². The van der Waals surface area contributed by atoms with E-state index in [1.807, 2.05) is 6.07 Å². The average molecular weight is 702 g/mol. The predicted octanol–water partition coefficient (Wildman–Crippen LogP) is 12.2. The van der Waals surface area contributed by atoms with Gasteiger partial charge in [0.25, 0.3) is 5.56 Å². The number of hydrogen-bond acceptors (Lipinski definition) is 1. The average Bonchev–Trinajstić information content (AvgIpc) is 3.25. The second kappa shape index (κ2) is 12.5. The fraction of sp³-hybridized carbons (Fsp3) is 0.0377. The Hall–Kier alpha value is -7.03. The summed E-state index contributed by atoms with van der Waals surface area (Å²) < 4.78 is 0. The van der Waals surface area contributed by atoms with Crippen molar-refractivity contribution in [3.63, 3.8) is 0 Å². The molecule has 258 valence electrons. The first-order chi connectivity index (χ1) is 27.2. The predicted molar refractivity (Wildman–Crippen MR) is 234 cm³/mol. The molecule has 0 radical (unpaired) electrons. The van der Waals surface area contributed by atoms with Crippen LogP contribution in [-0.4, -0.2) is 4.98 Å². The van der Waals surface area contributed by atoms with Crippen molar-refractivity contribution in [2.75, 3.05) is 0 Å². The summed E-state index contributed by atoms with van der Waals surface area (Å²) in [7, 11) is 0. The molecule has 0 saturated carbocycles. The number of H-pyrrole nitrogens is 1. The van der Waals surface area contributed by atoms with Crippen molar-refractivity contribution >= 4 is 66.1 Å². The Morgan fingerprint density at radius 2 is 0.727 bits per heavy atom. The van der Waals surface area contributed by atoms with Gasteiger partial charge in [-0.25, -0.2) is 0 Å². The van der Waals surface area contributed by atoms with Gasteiger partial charge >= 0.3 is 0 Å². The summed E-state index contributed by atoms with van der Waals surface area (Å²) in [6.07, 6.45) is 6.87. The Morgan fingerprint density at radius 3 is 1.27 bits per heavy atom. The van der Waals surface area contributed by atoms with Gasteiger partial charge in [-0.1, -0.05) is 158 Å². The highest BCUT2D eigenvalue weighted by Crippen LogP contribution is 2.44. The lowest BCUT2D eigenvalue weighted by Crippen LogP contribution is -2.31. The zero-order valence-corrected chi connectivity index (χ0v) is 30.1. The SMILES string of the molecule is O=c1[nH]c2ccc(-c3c4c(c(-c5ccccc5)c5ccccc35)=CCCC=4)cc2c2cc(-c3c4ccccc4c(-c4ccccc4)c4ccccc34)ccc12. The van der Waals surface area contributed by atoms with Crippen molar-refractivity contribution in [1.82, 2.24) is 4.98 Å². The van der Waals surface area contributed by atoms with Crippen LogP contribution >= 0.6 is 0 Å². The van der Waals surface area contributed by atoms with Crippen LogP contribution in [0.4, 0.5) is 0 Å². The maximum atomic E-state index is 13.7. The van der Waals surface area contributed by atoms with Gasteiger partial charge in [0.1, 0.15) is 0 Å². The highest BCUT2D eigenvalue weighted by Gasteiger charge is 2.19. The molecule has 0 atom stereocenters. The number of aromatic amines is 1. The monoisotopic (exact) mass is 701 g/mol. The molecule has 0 aliphatic heterocycles. The van der Waals surface area contributed by atoms with E-state index < -0.39 is 0 Å². The Balaban J connectivity index is 1.20. The molecule has 2 nitrogen and oxygen atoms in total. The van der Waals surface area contributed by atoms with E-state index in [-0.39, 0.29) is 5.56 Å². The first-order valence-electron chi connectivity index (χ1n) is 19.1. The molecular formula is C53H35NO. The summed E-state index contributed by atoms with van der Waals surface area (Å²) in [5.74, 6) is 0. The summed E-state index contributed by atoms with van der Waals surface area (Å²) in [5.41, 5.74) is 10.4. The topological polar surface area (TPSA) is 32.9 Å². The molecule has 1 aromatic heterocycles. The molecule has 1 N–H and O–H groups in total. The first-order valence-corrected chi connectivity index (χ1v) is 19.1. The quantitative estimate of drug-likeness (QED) is 0.144. The second-order valence-electron chi connectivity index (χ2n) is 14.7. The van der Waals surface area contributed by atoms with E-state index in [2.05, 4.69) is 181 Å². The summed E-state index contributed by atoms with van der Waals surface area (Å²) in [6, 6.07) is 60.8. The highest BCUT2D eigenvalue weighted by molar-refractivity contribution is 6.22. The molecule has 0 bridgehead atoms. The zero-order valence-electron chi connectivity index (χ0n) is 30.1. The minimum absolute atomic E-state index is 0.0751. The highest BCUT2D eigenvalue weighted by atomic mass is 16.1. The molecule has 11 rings (SSSR count). The molecule has 9 aromatic carbocycles.